The first-order valence-electron chi connectivity index (χ1n) is 4.73. The van der Waals surface area contributed by atoms with Gasteiger partial charge in [-0.3, -0.25) is 5.10 Å². The van der Waals surface area contributed by atoms with E-state index in [0.717, 1.165) is 16.6 Å². The molecule has 0 aliphatic rings. The van der Waals surface area contributed by atoms with Crippen LogP contribution in [0.15, 0.2) is 24.4 Å². The number of H-pyrrole nitrogens is 1. The second-order valence-corrected chi connectivity index (χ2v) is 4.03. The fourth-order valence-corrected chi connectivity index (χ4v) is 1.41. The van der Waals surface area contributed by atoms with Crippen LogP contribution >= 0.6 is 0 Å². The van der Waals surface area contributed by atoms with Gasteiger partial charge in [0.15, 0.2) is 0 Å². The lowest BCUT2D eigenvalue weighted by molar-refractivity contribution is 0.729. The third kappa shape index (κ3) is 1.91. The van der Waals surface area contributed by atoms with Crippen LogP contribution in [0.4, 0.5) is 5.69 Å². The minimum atomic E-state index is -0.558. The van der Waals surface area contributed by atoms with Gasteiger partial charge in [0.25, 0.3) is 0 Å². The summed E-state index contributed by atoms with van der Waals surface area (Å²) in [6, 6.07) is 8.04. The van der Waals surface area contributed by atoms with Gasteiger partial charge in [-0.15, -0.1) is 0 Å². The lowest BCUT2D eigenvalue weighted by Gasteiger charge is -2.18. The van der Waals surface area contributed by atoms with Crippen LogP contribution in [0.2, 0.25) is 0 Å². The number of hydrogen-bond acceptors (Lipinski definition) is 3. The zero-order chi connectivity index (χ0) is 10.9. The summed E-state index contributed by atoms with van der Waals surface area (Å²) in [4.78, 5) is 0. The number of benzene rings is 1. The summed E-state index contributed by atoms with van der Waals surface area (Å²) in [5, 5.41) is 19.9. The molecule has 76 valence electrons. The van der Waals surface area contributed by atoms with Crippen LogP contribution in [0.5, 0.6) is 0 Å². The molecule has 1 heterocycles. The van der Waals surface area contributed by atoms with E-state index in [1.807, 2.05) is 32.0 Å². The maximum absolute atomic E-state index is 8.90. The van der Waals surface area contributed by atoms with E-state index in [-0.39, 0.29) is 0 Å². The second-order valence-electron chi connectivity index (χ2n) is 4.03. The molecule has 0 unspecified atom stereocenters. The number of nitrogens with one attached hydrogen (secondary N) is 2. The lowest BCUT2D eigenvalue weighted by Crippen LogP contribution is -2.28. The highest BCUT2D eigenvalue weighted by Crippen LogP contribution is 2.19. The zero-order valence-electron chi connectivity index (χ0n) is 8.70. The van der Waals surface area contributed by atoms with Gasteiger partial charge in [-0.2, -0.15) is 10.4 Å². The van der Waals surface area contributed by atoms with E-state index in [1.165, 1.54) is 0 Å². The predicted octanol–water partition coefficient (Wildman–Crippen LogP) is 2.28. The summed E-state index contributed by atoms with van der Waals surface area (Å²) in [6.45, 7) is 3.68. The molecule has 0 spiro atoms. The highest BCUT2D eigenvalue weighted by Gasteiger charge is 2.15. The van der Waals surface area contributed by atoms with Gasteiger partial charge in [0.05, 0.1) is 17.8 Å². The van der Waals surface area contributed by atoms with Crippen LogP contribution in [-0.4, -0.2) is 15.7 Å². The fourth-order valence-electron chi connectivity index (χ4n) is 1.41. The topological polar surface area (TPSA) is 64.5 Å². The summed E-state index contributed by atoms with van der Waals surface area (Å²) >= 11 is 0. The zero-order valence-corrected chi connectivity index (χ0v) is 8.70. The lowest BCUT2D eigenvalue weighted by atomic mass is 10.1. The smallest absolute Gasteiger partial charge is 0.119 e. The first kappa shape index (κ1) is 9.53. The molecule has 4 heteroatoms. The van der Waals surface area contributed by atoms with E-state index in [2.05, 4.69) is 21.6 Å². The summed E-state index contributed by atoms with van der Waals surface area (Å²) < 4.78 is 0. The molecule has 2 rings (SSSR count). The van der Waals surface area contributed by atoms with Crippen LogP contribution in [0.1, 0.15) is 13.8 Å². The molecule has 0 fully saturated rings. The Kier molecular flexibility index (Phi) is 2.09. The monoisotopic (exact) mass is 200 g/mol. The van der Waals surface area contributed by atoms with Crippen molar-refractivity contribution in [2.75, 3.05) is 5.32 Å². The van der Waals surface area contributed by atoms with Gasteiger partial charge < -0.3 is 5.32 Å². The number of anilines is 1. The molecule has 2 aromatic rings. The molecular formula is C11H12N4. The average molecular weight is 200 g/mol. The number of nitriles is 1. The van der Waals surface area contributed by atoms with E-state index in [4.69, 9.17) is 5.26 Å². The molecule has 0 bridgehead atoms. The Hall–Kier alpha value is -2.02. The molecule has 1 aromatic heterocycles. The van der Waals surface area contributed by atoms with Crippen molar-refractivity contribution < 1.29 is 0 Å². The van der Waals surface area contributed by atoms with Crippen molar-refractivity contribution in [1.82, 2.24) is 10.2 Å². The second kappa shape index (κ2) is 3.28. The molecule has 0 saturated heterocycles. The number of fused-ring (bicyclic) bond motifs is 1. The largest absolute Gasteiger partial charge is 0.368 e. The molecule has 0 radical (unpaired) electrons. The molecule has 1 aromatic carbocycles. The molecule has 0 saturated carbocycles. The molecular weight excluding hydrogens is 188 g/mol. The molecule has 0 aliphatic carbocycles. The van der Waals surface area contributed by atoms with Crippen LogP contribution in [0, 0.1) is 11.3 Å². The van der Waals surface area contributed by atoms with Crippen molar-refractivity contribution in [2.24, 2.45) is 0 Å². The normalized spacial score (nSPS) is 11.3. The van der Waals surface area contributed by atoms with Crippen molar-refractivity contribution in [3.63, 3.8) is 0 Å². The number of aromatic amines is 1. The minimum Gasteiger partial charge on any atom is -0.368 e. The van der Waals surface area contributed by atoms with E-state index in [0.29, 0.717) is 0 Å². The van der Waals surface area contributed by atoms with Crippen LogP contribution in [0.25, 0.3) is 10.9 Å². The first-order valence-corrected chi connectivity index (χ1v) is 4.73. The molecule has 2 N–H and O–H groups in total. The molecule has 0 amide bonds. The van der Waals surface area contributed by atoms with Crippen LogP contribution in [-0.2, 0) is 0 Å². The van der Waals surface area contributed by atoms with Crippen molar-refractivity contribution in [3.8, 4) is 6.07 Å². The van der Waals surface area contributed by atoms with Crippen molar-refractivity contribution >= 4 is 16.6 Å². The fraction of sp³-hybridized carbons (Fsp3) is 0.273. The SMILES string of the molecule is CC(C)(C#N)Nc1ccc2[nH]ncc2c1. The number of hydrogen-bond donors (Lipinski definition) is 2. The van der Waals surface area contributed by atoms with E-state index < -0.39 is 5.54 Å². The standard InChI is InChI=1S/C11H12N4/c1-11(2,7-12)14-9-3-4-10-8(5-9)6-13-15-10/h3-6,14H,1-2H3,(H,13,15). The summed E-state index contributed by atoms with van der Waals surface area (Å²) in [5.74, 6) is 0. The van der Waals surface area contributed by atoms with Gasteiger partial charge in [0.1, 0.15) is 5.54 Å². The number of aromatic nitrogens is 2. The van der Waals surface area contributed by atoms with E-state index in [1.54, 1.807) is 6.20 Å². The van der Waals surface area contributed by atoms with Crippen LogP contribution in [0.3, 0.4) is 0 Å². The third-order valence-electron chi connectivity index (χ3n) is 2.18. The Bertz CT molecular complexity index is 519. The summed E-state index contributed by atoms with van der Waals surface area (Å²) in [6.07, 6.45) is 1.76. The van der Waals surface area contributed by atoms with Gasteiger partial charge in [-0.05, 0) is 32.0 Å². The third-order valence-corrected chi connectivity index (χ3v) is 2.18. The van der Waals surface area contributed by atoms with Gasteiger partial charge in [-0.25, -0.2) is 0 Å². The molecule has 0 aliphatic heterocycles. The van der Waals surface area contributed by atoms with Crippen molar-refractivity contribution in [2.45, 2.75) is 19.4 Å². The minimum absolute atomic E-state index is 0.558. The Balaban J connectivity index is 2.33. The molecule has 15 heavy (non-hydrogen) atoms. The van der Waals surface area contributed by atoms with Crippen molar-refractivity contribution in [3.05, 3.63) is 24.4 Å². The highest BCUT2D eigenvalue weighted by molar-refractivity contribution is 5.81. The van der Waals surface area contributed by atoms with E-state index >= 15 is 0 Å². The Morgan fingerprint density at radius 3 is 3.00 bits per heavy atom. The summed E-state index contributed by atoms with van der Waals surface area (Å²) in [7, 11) is 0. The average Bonchev–Trinajstić information content (AvgIpc) is 2.64. The van der Waals surface area contributed by atoms with Crippen molar-refractivity contribution in [1.29, 1.82) is 5.26 Å². The number of nitrogens with zero attached hydrogens (tertiary/aromatic N) is 2. The maximum Gasteiger partial charge on any atom is 0.119 e. The van der Waals surface area contributed by atoms with Gasteiger partial charge in [0, 0.05) is 11.1 Å². The Morgan fingerprint density at radius 2 is 2.27 bits per heavy atom. The van der Waals surface area contributed by atoms with Gasteiger partial charge in [-0.1, -0.05) is 0 Å². The molecule has 4 nitrogen and oxygen atoms in total. The van der Waals surface area contributed by atoms with Crippen LogP contribution < -0.4 is 5.32 Å². The summed E-state index contributed by atoms with van der Waals surface area (Å²) in [5.41, 5.74) is 1.36. The Morgan fingerprint density at radius 1 is 1.47 bits per heavy atom. The van der Waals surface area contributed by atoms with Gasteiger partial charge in [0.2, 0.25) is 0 Å². The Labute approximate surface area is 87.9 Å². The quantitative estimate of drug-likeness (QED) is 0.781. The highest BCUT2D eigenvalue weighted by atomic mass is 15.1. The predicted molar refractivity (Wildman–Crippen MR) is 59.4 cm³/mol. The first-order chi connectivity index (χ1) is 7.11. The number of rotatable bonds is 2. The maximum atomic E-state index is 8.90. The van der Waals surface area contributed by atoms with Gasteiger partial charge >= 0.3 is 0 Å². The molecule has 0 atom stereocenters. The van der Waals surface area contributed by atoms with E-state index in [9.17, 15) is 0 Å².